The number of nitrogens with zero attached hydrogens (tertiary/aromatic N) is 2. The zero-order chi connectivity index (χ0) is 14.7. The number of nitrogens with one attached hydrogen (secondary N) is 1. The fourth-order valence-corrected chi connectivity index (χ4v) is 1.84. The third-order valence-corrected chi connectivity index (χ3v) is 2.78. The molecule has 0 amide bonds. The van der Waals surface area contributed by atoms with Gasteiger partial charge in [0, 0.05) is 11.6 Å². The van der Waals surface area contributed by atoms with Gasteiger partial charge in [0.05, 0.1) is 23.2 Å². The Morgan fingerprint density at radius 1 is 1.50 bits per heavy atom. The molecule has 0 saturated heterocycles. The van der Waals surface area contributed by atoms with Gasteiger partial charge in [-0.05, 0) is 19.5 Å². The Morgan fingerprint density at radius 3 is 2.90 bits per heavy atom. The van der Waals surface area contributed by atoms with Gasteiger partial charge in [-0.2, -0.15) is 0 Å². The molecule has 0 aliphatic rings. The zero-order valence-electron chi connectivity index (χ0n) is 11.1. The molecule has 1 aromatic carbocycles. The van der Waals surface area contributed by atoms with Crippen molar-refractivity contribution in [3.8, 4) is 11.3 Å². The highest BCUT2D eigenvalue weighted by molar-refractivity contribution is 5.60. The summed E-state index contributed by atoms with van der Waals surface area (Å²) in [5, 5.41) is 13.8. The largest absolute Gasteiger partial charge is 0.439 e. The van der Waals surface area contributed by atoms with E-state index in [0.29, 0.717) is 17.2 Å². The van der Waals surface area contributed by atoms with Crippen LogP contribution in [-0.4, -0.2) is 16.5 Å². The van der Waals surface area contributed by atoms with Gasteiger partial charge in [-0.1, -0.05) is 6.92 Å². The molecule has 0 aliphatic heterocycles. The number of aromatic nitrogens is 1. The smallest absolute Gasteiger partial charge is 0.273 e. The topological polar surface area (TPSA) is 81.2 Å². The highest BCUT2D eigenvalue weighted by Gasteiger charge is 2.16. The van der Waals surface area contributed by atoms with Crippen LogP contribution in [0.25, 0.3) is 11.3 Å². The Balaban J connectivity index is 2.34. The van der Waals surface area contributed by atoms with Gasteiger partial charge >= 0.3 is 0 Å². The molecule has 7 heteroatoms. The lowest BCUT2D eigenvalue weighted by atomic mass is 10.1. The molecule has 1 atom stereocenters. The van der Waals surface area contributed by atoms with E-state index >= 15 is 0 Å². The van der Waals surface area contributed by atoms with Crippen molar-refractivity contribution in [1.29, 1.82) is 0 Å². The summed E-state index contributed by atoms with van der Waals surface area (Å²) < 4.78 is 18.9. The number of oxazole rings is 1. The van der Waals surface area contributed by atoms with Crippen LogP contribution in [0.5, 0.6) is 0 Å². The molecular weight excluding hydrogens is 265 g/mol. The van der Waals surface area contributed by atoms with Crippen molar-refractivity contribution in [2.75, 3.05) is 6.54 Å². The lowest BCUT2D eigenvalue weighted by molar-refractivity contribution is -0.385. The second-order valence-electron chi connectivity index (χ2n) is 4.30. The summed E-state index contributed by atoms with van der Waals surface area (Å²) in [7, 11) is 0. The fraction of sp³-hybridized carbons (Fsp3) is 0.308. The number of halogens is 1. The van der Waals surface area contributed by atoms with Crippen molar-refractivity contribution in [1.82, 2.24) is 10.3 Å². The van der Waals surface area contributed by atoms with Gasteiger partial charge in [-0.25, -0.2) is 9.37 Å². The van der Waals surface area contributed by atoms with Crippen molar-refractivity contribution in [2.24, 2.45) is 0 Å². The number of nitro benzene ring substituents is 1. The monoisotopic (exact) mass is 279 g/mol. The highest BCUT2D eigenvalue weighted by atomic mass is 19.1. The maximum atomic E-state index is 13.4. The average Bonchev–Trinajstić information content (AvgIpc) is 2.88. The predicted molar refractivity (Wildman–Crippen MR) is 70.6 cm³/mol. The lowest BCUT2D eigenvalue weighted by Gasteiger charge is -2.06. The highest BCUT2D eigenvalue weighted by Crippen LogP contribution is 2.27. The van der Waals surface area contributed by atoms with Crippen molar-refractivity contribution >= 4 is 5.69 Å². The van der Waals surface area contributed by atoms with Crippen LogP contribution in [0.1, 0.15) is 25.8 Å². The third kappa shape index (κ3) is 3.00. The number of hydrogen-bond acceptors (Lipinski definition) is 5. The maximum Gasteiger partial charge on any atom is 0.273 e. The van der Waals surface area contributed by atoms with Gasteiger partial charge < -0.3 is 9.73 Å². The average molecular weight is 279 g/mol. The van der Waals surface area contributed by atoms with Gasteiger partial charge in [-0.15, -0.1) is 0 Å². The van der Waals surface area contributed by atoms with Crippen molar-refractivity contribution in [2.45, 2.75) is 19.9 Å². The number of nitro groups is 1. The van der Waals surface area contributed by atoms with E-state index in [1.165, 1.54) is 18.3 Å². The normalized spacial score (nSPS) is 12.3. The Labute approximate surface area is 114 Å². The first-order valence-corrected chi connectivity index (χ1v) is 6.15. The molecule has 106 valence electrons. The molecule has 6 nitrogen and oxygen atoms in total. The quantitative estimate of drug-likeness (QED) is 0.672. The van der Waals surface area contributed by atoms with Gasteiger partial charge in [0.15, 0.2) is 5.76 Å². The maximum absolute atomic E-state index is 13.4. The molecule has 0 fully saturated rings. The second kappa shape index (κ2) is 5.79. The van der Waals surface area contributed by atoms with Crippen LogP contribution >= 0.6 is 0 Å². The molecule has 0 saturated carbocycles. The Bertz CT molecular complexity index is 627. The minimum Gasteiger partial charge on any atom is -0.439 e. The molecule has 0 aliphatic carbocycles. The Kier molecular flexibility index (Phi) is 4.09. The van der Waals surface area contributed by atoms with E-state index in [-0.39, 0.29) is 11.7 Å². The molecule has 1 unspecified atom stereocenters. The summed E-state index contributed by atoms with van der Waals surface area (Å²) in [5.74, 6) is 0.0630. The summed E-state index contributed by atoms with van der Waals surface area (Å²) in [6, 6.07) is 3.21. The van der Waals surface area contributed by atoms with Crippen molar-refractivity contribution in [3.05, 3.63) is 46.2 Å². The Morgan fingerprint density at radius 2 is 2.25 bits per heavy atom. The second-order valence-corrected chi connectivity index (χ2v) is 4.30. The van der Waals surface area contributed by atoms with E-state index in [0.717, 1.165) is 12.6 Å². The molecule has 0 radical (unpaired) electrons. The van der Waals surface area contributed by atoms with Crippen molar-refractivity contribution in [3.63, 3.8) is 0 Å². The third-order valence-electron chi connectivity index (χ3n) is 2.78. The molecule has 1 heterocycles. The van der Waals surface area contributed by atoms with Crippen LogP contribution in [0, 0.1) is 15.9 Å². The minimum absolute atomic E-state index is 0.0858. The summed E-state index contributed by atoms with van der Waals surface area (Å²) >= 11 is 0. The SMILES string of the molecule is CCNC(C)c1ncc(-c2cc(F)cc([N+](=O)[O-])c2)o1. The molecule has 2 rings (SSSR count). The van der Waals surface area contributed by atoms with Crippen LogP contribution in [0.15, 0.2) is 28.8 Å². The first-order valence-electron chi connectivity index (χ1n) is 6.15. The van der Waals surface area contributed by atoms with E-state index in [4.69, 9.17) is 4.42 Å². The van der Waals surface area contributed by atoms with Gasteiger partial charge in [0.1, 0.15) is 5.82 Å². The summed E-state index contributed by atoms with van der Waals surface area (Å²) in [4.78, 5) is 14.2. The molecule has 0 bridgehead atoms. The lowest BCUT2D eigenvalue weighted by Crippen LogP contribution is -2.17. The Hall–Kier alpha value is -2.28. The van der Waals surface area contributed by atoms with Gasteiger partial charge in [0.25, 0.3) is 5.69 Å². The van der Waals surface area contributed by atoms with E-state index in [1.54, 1.807) is 0 Å². The van der Waals surface area contributed by atoms with Crippen LogP contribution in [0.2, 0.25) is 0 Å². The molecule has 20 heavy (non-hydrogen) atoms. The van der Waals surface area contributed by atoms with E-state index in [9.17, 15) is 14.5 Å². The molecule has 0 spiro atoms. The molecule has 2 aromatic rings. The van der Waals surface area contributed by atoms with Crippen LogP contribution in [-0.2, 0) is 0 Å². The summed E-state index contributed by atoms with van der Waals surface area (Å²) in [6.45, 7) is 4.59. The minimum atomic E-state index is -0.688. The first-order chi connectivity index (χ1) is 9.51. The van der Waals surface area contributed by atoms with Crippen LogP contribution in [0.3, 0.4) is 0 Å². The fourth-order valence-electron chi connectivity index (χ4n) is 1.84. The molecule has 1 aromatic heterocycles. The number of non-ortho nitro benzene ring substituents is 1. The zero-order valence-corrected chi connectivity index (χ0v) is 11.1. The first kappa shape index (κ1) is 14.1. The van der Waals surface area contributed by atoms with Crippen LogP contribution < -0.4 is 5.32 Å². The number of hydrogen-bond donors (Lipinski definition) is 1. The molecular formula is C13H14FN3O3. The van der Waals surface area contributed by atoms with Gasteiger partial charge in [-0.3, -0.25) is 10.1 Å². The van der Waals surface area contributed by atoms with Gasteiger partial charge in [0.2, 0.25) is 5.89 Å². The van der Waals surface area contributed by atoms with Crippen molar-refractivity contribution < 1.29 is 13.7 Å². The van der Waals surface area contributed by atoms with E-state index in [2.05, 4.69) is 10.3 Å². The molecule has 1 N–H and O–H groups in total. The summed E-state index contributed by atoms with van der Waals surface area (Å²) in [6.07, 6.45) is 1.43. The number of benzene rings is 1. The summed E-state index contributed by atoms with van der Waals surface area (Å²) in [5.41, 5.74) is -0.0307. The van der Waals surface area contributed by atoms with E-state index in [1.807, 2.05) is 13.8 Å². The van der Waals surface area contributed by atoms with E-state index < -0.39 is 10.7 Å². The predicted octanol–water partition coefficient (Wildman–Crippen LogP) is 3.06. The number of rotatable bonds is 5. The standard InChI is InChI=1S/C13H14FN3O3/c1-3-15-8(2)13-16-7-12(20-13)9-4-10(14)6-11(5-9)17(18)19/h4-8,15H,3H2,1-2H3. The van der Waals surface area contributed by atoms with Crippen LogP contribution in [0.4, 0.5) is 10.1 Å².